The Morgan fingerprint density at radius 2 is 1.67 bits per heavy atom. The molecule has 0 radical (unpaired) electrons. The first-order valence-electron chi connectivity index (χ1n) is 3.73. The molecule has 0 heterocycles. The van der Waals surface area contributed by atoms with Crippen LogP contribution in [0.5, 0.6) is 0 Å². The molecule has 0 aromatic heterocycles. The molecule has 1 amide bonds. The van der Waals surface area contributed by atoms with E-state index < -0.39 is 6.04 Å². The van der Waals surface area contributed by atoms with Crippen molar-refractivity contribution in [3.63, 3.8) is 0 Å². The Labute approximate surface area is 80.7 Å². The molecule has 74 valence electrons. The van der Waals surface area contributed by atoms with Crippen molar-refractivity contribution in [1.82, 2.24) is 4.90 Å². The van der Waals surface area contributed by atoms with Crippen molar-refractivity contribution in [2.75, 3.05) is 14.1 Å². The Morgan fingerprint density at radius 1 is 1.33 bits per heavy atom. The molecule has 0 spiro atoms. The van der Waals surface area contributed by atoms with Gasteiger partial charge in [0.2, 0.25) is 5.91 Å². The van der Waals surface area contributed by atoms with Crippen molar-refractivity contribution in [1.29, 1.82) is 0 Å². The molecule has 0 bridgehead atoms. The largest absolute Gasteiger partial charge is 0.347 e. The third-order valence-electron chi connectivity index (χ3n) is 1.64. The van der Waals surface area contributed by atoms with E-state index in [1.807, 2.05) is 20.8 Å². The lowest BCUT2D eigenvalue weighted by molar-refractivity contribution is -0.132. The van der Waals surface area contributed by atoms with Crippen LogP contribution in [0.2, 0.25) is 0 Å². The van der Waals surface area contributed by atoms with Crippen molar-refractivity contribution < 1.29 is 4.79 Å². The van der Waals surface area contributed by atoms with Gasteiger partial charge in [0.15, 0.2) is 0 Å². The normalized spacial score (nSPS) is 13.2. The average molecular weight is 195 g/mol. The monoisotopic (exact) mass is 194 g/mol. The standard InChI is InChI=1S/C8H18N2O.ClH/c1-8(2,3)6(9)7(11)10(4)5;/h6H,9H2,1-5H3;1H/t6-;/m1./s1. The molecule has 12 heavy (non-hydrogen) atoms. The van der Waals surface area contributed by atoms with E-state index in [2.05, 4.69) is 0 Å². The smallest absolute Gasteiger partial charge is 0.239 e. The molecular formula is C8H19ClN2O. The van der Waals surface area contributed by atoms with Crippen LogP contribution in [0.4, 0.5) is 0 Å². The molecule has 0 unspecified atom stereocenters. The minimum atomic E-state index is -0.405. The number of amides is 1. The third kappa shape index (κ3) is 3.93. The van der Waals surface area contributed by atoms with E-state index in [0.29, 0.717) is 0 Å². The van der Waals surface area contributed by atoms with E-state index in [0.717, 1.165) is 0 Å². The summed E-state index contributed by atoms with van der Waals surface area (Å²) >= 11 is 0. The van der Waals surface area contributed by atoms with Crippen molar-refractivity contribution in [3.8, 4) is 0 Å². The van der Waals surface area contributed by atoms with Gasteiger partial charge in [0.05, 0.1) is 6.04 Å². The Hall–Kier alpha value is -0.280. The molecular weight excluding hydrogens is 176 g/mol. The summed E-state index contributed by atoms with van der Waals surface area (Å²) in [6, 6.07) is -0.405. The quantitative estimate of drug-likeness (QED) is 0.674. The Balaban J connectivity index is 0. The number of hydrogen-bond donors (Lipinski definition) is 1. The Bertz CT molecular complexity index is 152. The molecule has 0 aliphatic rings. The first kappa shape index (κ1) is 14.3. The number of nitrogens with two attached hydrogens (primary N) is 1. The molecule has 2 N–H and O–H groups in total. The maximum atomic E-state index is 11.3. The van der Waals surface area contributed by atoms with E-state index in [1.165, 1.54) is 4.90 Å². The highest BCUT2D eigenvalue weighted by molar-refractivity contribution is 5.85. The van der Waals surface area contributed by atoms with Gasteiger partial charge in [-0.05, 0) is 5.41 Å². The van der Waals surface area contributed by atoms with E-state index in [-0.39, 0.29) is 23.7 Å². The molecule has 0 rings (SSSR count). The molecule has 0 aliphatic carbocycles. The molecule has 0 aliphatic heterocycles. The second-order valence-electron chi connectivity index (χ2n) is 4.08. The number of halogens is 1. The van der Waals surface area contributed by atoms with Gasteiger partial charge in [-0.15, -0.1) is 12.4 Å². The summed E-state index contributed by atoms with van der Waals surface area (Å²) in [5.41, 5.74) is 5.55. The van der Waals surface area contributed by atoms with Gasteiger partial charge in [0.25, 0.3) is 0 Å². The minimum absolute atomic E-state index is 0. The fourth-order valence-corrected chi connectivity index (χ4v) is 0.649. The number of carbonyl (C=O) groups excluding carboxylic acids is 1. The summed E-state index contributed by atoms with van der Waals surface area (Å²) in [4.78, 5) is 12.8. The van der Waals surface area contributed by atoms with Gasteiger partial charge in [-0.3, -0.25) is 4.79 Å². The molecule has 0 saturated carbocycles. The maximum Gasteiger partial charge on any atom is 0.239 e. The maximum absolute atomic E-state index is 11.3. The first-order chi connectivity index (χ1) is 4.76. The lowest BCUT2D eigenvalue weighted by atomic mass is 9.87. The summed E-state index contributed by atoms with van der Waals surface area (Å²) in [7, 11) is 3.43. The molecule has 0 fully saturated rings. The van der Waals surface area contributed by atoms with Crippen LogP contribution in [0.3, 0.4) is 0 Å². The zero-order chi connectivity index (χ0) is 9.23. The fraction of sp³-hybridized carbons (Fsp3) is 0.875. The zero-order valence-electron chi connectivity index (χ0n) is 8.42. The van der Waals surface area contributed by atoms with Gasteiger partial charge >= 0.3 is 0 Å². The second kappa shape index (κ2) is 4.67. The van der Waals surface area contributed by atoms with Gasteiger partial charge in [-0.1, -0.05) is 20.8 Å². The molecule has 1 atom stereocenters. The summed E-state index contributed by atoms with van der Waals surface area (Å²) in [5, 5.41) is 0. The van der Waals surface area contributed by atoms with Crippen LogP contribution in [-0.2, 0) is 4.79 Å². The summed E-state index contributed by atoms with van der Waals surface area (Å²) < 4.78 is 0. The highest BCUT2D eigenvalue weighted by Gasteiger charge is 2.28. The first-order valence-corrected chi connectivity index (χ1v) is 3.73. The van der Waals surface area contributed by atoms with E-state index in [4.69, 9.17) is 5.73 Å². The average Bonchev–Trinajstić information content (AvgIpc) is 1.82. The lowest BCUT2D eigenvalue weighted by Crippen LogP contribution is -2.47. The summed E-state index contributed by atoms with van der Waals surface area (Å²) in [5.74, 6) is -0.0162. The van der Waals surface area contributed by atoms with Crippen molar-refractivity contribution in [2.24, 2.45) is 11.1 Å². The van der Waals surface area contributed by atoms with Crippen LogP contribution in [0, 0.1) is 5.41 Å². The van der Waals surface area contributed by atoms with E-state index >= 15 is 0 Å². The molecule has 0 saturated heterocycles. The molecule has 3 nitrogen and oxygen atoms in total. The highest BCUT2D eigenvalue weighted by atomic mass is 35.5. The fourth-order valence-electron chi connectivity index (χ4n) is 0.649. The van der Waals surface area contributed by atoms with Crippen LogP contribution < -0.4 is 5.73 Å². The van der Waals surface area contributed by atoms with Gasteiger partial charge in [-0.2, -0.15) is 0 Å². The zero-order valence-corrected chi connectivity index (χ0v) is 9.23. The van der Waals surface area contributed by atoms with Crippen LogP contribution in [0.1, 0.15) is 20.8 Å². The highest BCUT2D eigenvalue weighted by Crippen LogP contribution is 2.18. The van der Waals surface area contributed by atoms with Crippen molar-refractivity contribution >= 4 is 18.3 Å². The van der Waals surface area contributed by atoms with Crippen molar-refractivity contribution in [3.05, 3.63) is 0 Å². The SMILES string of the molecule is CN(C)C(=O)[C@@H](N)C(C)(C)C.Cl. The van der Waals surface area contributed by atoms with E-state index in [9.17, 15) is 4.79 Å². The Kier molecular flexibility index (Phi) is 5.55. The van der Waals surface area contributed by atoms with Crippen molar-refractivity contribution in [2.45, 2.75) is 26.8 Å². The summed E-state index contributed by atoms with van der Waals surface area (Å²) in [6.07, 6.45) is 0. The number of rotatable bonds is 1. The van der Waals surface area contributed by atoms with Gasteiger partial charge in [0.1, 0.15) is 0 Å². The number of hydrogen-bond acceptors (Lipinski definition) is 2. The van der Waals surface area contributed by atoms with Crippen LogP contribution >= 0.6 is 12.4 Å². The predicted octanol–water partition coefficient (Wildman–Crippen LogP) is 0.870. The molecule has 0 aromatic rings. The van der Waals surface area contributed by atoms with E-state index in [1.54, 1.807) is 14.1 Å². The number of likely N-dealkylation sites (N-methyl/N-ethyl adjacent to an activating group) is 1. The molecule has 4 heteroatoms. The van der Waals surface area contributed by atoms with Crippen LogP contribution in [0.15, 0.2) is 0 Å². The van der Waals surface area contributed by atoms with Crippen LogP contribution in [0.25, 0.3) is 0 Å². The van der Waals surface area contributed by atoms with Gasteiger partial charge in [-0.25, -0.2) is 0 Å². The number of carbonyl (C=O) groups is 1. The lowest BCUT2D eigenvalue weighted by Gasteiger charge is -2.28. The minimum Gasteiger partial charge on any atom is -0.347 e. The number of nitrogens with zero attached hydrogens (tertiary/aromatic N) is 1. The summed E-state index contributed by atoms with van der Waals surface area (Å²) in [6.45, 7) is 5.87. The predicted molar refractivity (Wildman–Crippen MR) is 53.4 cm³/mol. The third-order valence-corrected chi connectivity index (χ3v) is 1.64. The Morgan fingerprint density at radius 3 is 1.75 bits per heavy atom. The van der Waals surface area contributed by atoms with Crippen LogP contribution in [-0.4, -0.2) is 30.9 Å². The van der Waals surface area contributed by atoms with Gasteiger partial charge in [0, 0.05) is 14.1 Å². The second-order valence-corrected chi connectivity index (χ2v) is 4.08. The molecule has 0 aromatic carbocycles. The van der Waals surface area contributed by atoms with Gasteiger partial charge < -0.3 is 10.6 Å². The topological polar surface area (TPSA) is 46.3 Å².